The lowest BCUT2D eigenvalue weighted by atomic mass is 9.66. The van der Waals surface area contributed by atoms with Crippen molar-refractivity contribution in [1.29, 1.82) is 0 Å². The third kappa shape index (κ3) is 0.739. The van der Waals surface area contributed by atoms with Gasteiger partial charge in [0.1, 0.15) is 0 Å². The fraction of sp³-hybridized carbons (Fsp3) is 0.750. The molecule has 2 heteroatoms. The fourth-order valence-electron chi connectivity index (χ4n) is 1.94. The number of rotatable bonds is 0. The number of hydrogen-bond donors (Lipinski definition) is 1. The highest BCUT2D eigenvalue weighted by atomic mass is 35.5. The Hall–Kier alpha value is -0.0100. The Morgan fingerprint density at radius 3 is 3.00 bits per heavy atom. The number of hydrogen-bond acceptors (Lipinski definition) is 1. The molecule has 0 amide bonds. The predicted octanol–water partition coefficient (Wildman–Crippen LogP) is 1.55. The van der Waals surface area contributed by atoms with E-state index in [9.17, 15) is 5.11 Å². The number of fused-ring (bicyclic) bond motifs is 1. The average molecular weight is 159 g/mol. The van der Waals surface area contributed by atoms with Gasteiger partial charge in [0.25, 0.3) is 0 Å². The summed E-state index contributed by atoms with van der Waals surface area (Å²) < 4.78 is 0. The number of aliphatic hydroxyl groups is 1. The lowest BCUT2D eigenvalue weighted by Crippen LogP contribution is -2.52. The highest BCUT2D eigenvalue weighted by Crippen LogP contribution is 2.44. The molecule has 0 radical (unpaired) electrons. The van der Waals surface area contributed by atoms with Gasteiger partial charge in [0, 0.05) is 5.92 Å². The van der Waals surface area contributed by atoms with Crippen LogP contribution in [0.1, 0.15) is 12.8 Å². The van der Waals surface area contributed by atoms with E-state index >= 15 is 0 Å². The van der Waals surface area contributed by atoms with E-state index in [1.807, 2.05) is 0 Å². The van der Waals surface area contributed by atoms with Crippen LogP contribution >= 0.6 is 11.6 Å². The van der Waals surface area contributed by atoms with Crippen molar-refractivity contribution in [3.63, 3.8) is 0 Å². The van der Waals surface area contributed by atoms with Gasteiger partial charge in [0.15, 0.2) is 0 Å². The van der Waals surface area contributed by atoms with Crippen LogP contribution in [0.15, 0.2) is 12.2 Å². The Balaban J connectivity index is 2.11. The van der Waals surface area contributed by atoms with Crippen LogP contribution in [0.4, 0.5) is 0 Å². The molecule has 0 aromatic rings. The first kappa shape index (κ1) is 6.68. The van der Waals surface area contributed by atoms with Gasteiger partial charge in [-0.1, -0.05) is 12.2 Å². The first-order valence-electron chi connectivity index (χ1n) is 3.79. The molecule has 2 aliphatic rings. The van der Waals surface area contributed by atoms with E-state index in [1.165, 1.54) is 0 Å². The van der Waals surface area contributed by atoms with Crippen molar-refractivity contribution in [2.75, 3.05) is 0 Å². The average Bonchev–Trinajstić information content (AvgIpc) is 2.03. The topological polar surface area (TPSA) is 20.2 Å². The molecular formula is C8H11ClO. The minimum atomic E-state index is -0.239. The molecule has 4 atom stereocenters. The Bertz CT molecular complexity index is 167. The van der Waals surface area contributed by atoms with Crippen LogP contribution in [0.5, 0.6) is 0 Å². The summed E-state index contributed by atoms with van der Waals surface area (Å²) in [5, 5.41) is 9.33. The van der Waals surface area contributed by atoms with Crippen LogP contribution in [-0.4, -0.2) is 16.6 Å². The zero-order valence-corrected chi connectivity index (χ0v) is 6.46. The predicted molar refractivity (Wildman–Crippen MR) is 41.0 cm³/mol. The Morgan fingerprint density at radius 2 is 2.30 bits per heavy atom. The van der Waals surface area contributed by atoms with Crippen molar-refractivity contribution in [3.05, 3.63) is 12.2 Å². The zero-order chi connectivity index (χ0) is 7.14. The second kappa shape index (κ2) is 2.24. The van der Waals surface area contributed by atoms with E-state index in [2.05, 4.69) is 12.2 Å². The third-order valence-corrected chi connectivity index (χ3v) is 3.20. The number of halogens is 1. The lowest BCUT2D eigenvalue weighted by molar-refractivity contribution is -0.0143. The summed E-state index contributed by atoms with van der Waals surface area (Å²) in [4.78, 5) is 0. The van der Waals surface area contributed by atoms with Crippen molar-refractivity contribution in [2.45, 2.75) is 24.3 Å². The molecule has 0 aromatic carbocycles. The van der Waals surface area contributed by atoms with Gasteiger partial charge in [-0.15, -0.1) is 11.6 Å². The van der Waals surface area contributed by atoms with E-state index in [1.54, 1.807) is 0 Å². The summed E-state index contributed by atoms with van der Waals surface area (Å²) in [7, 11) is 0. The summed E-state index contributed by atoms with van der Waals surface area (Å²) in [6, 6.07) is 0. The molecule has 0 bridgehead atoms. The Labute approximate surface area is 65.7 Å². The number of allylic oxidation sites excluding steroid dienone is 2. The van der Waals surface area contributed by atoms with Gasteiger partial charge >= 0.3 is 0 Å². The maximum absolute atomic E-state index is 9.35. The van der Waals surface area contributed by atoms with Crippen molar-refractivity contribution >= 4 is 11.6 Å². The number of aliphatic hydroxyl groups excluding tert-OH is 1. The monoisotopic (exact) mass is 158 g/mol. The molecule has 0 aromatic heterocycles. The number of alkyl halides is 1. The SMILES string of the molecule is O[C@@H]1[C@@H](Cl)[C@@H]2C=CCC[C@H]12. The normalized spacial score (nSPS) is 51.8. The summed E-state index contributed by atoms with van der Waals surface area (Å²) >= 11 is 5.87. The van der Waals surface area contributed by atoms with E-state index in [0.717, 1.165) is 12.8 Å². The van der Waals surface area contributed by atoms with Gasteiger partial charge in [-0.05, 0) is 18.8 Å². The highest BCUT2D eigenvalue weighted by Gasteiger charge is 2.47. The Kier molecular flexibility index (Phi) is 1.50. The molecule has 2 aliphatic carbocycles. The lowest BCUT2D eigenvalue weighted by Gasteiger charge is -2.46. The maximum atomic E-state index is 9.35. The quantitative estimate of drug-likeness (QED) is 0.419. The fourth-order valence-corrected chi connectivity index (χ4v) is 2.39. The van der Waals surface area contributed by atoms with E-state index in [0.29, 0.717) is 11.8 Å². The molecule has 0 aliphatic heterocycles. The summed E-state index contributed by atoms with van der Waals surface area (Å²) in [5.74, 6) is 0.929. The van der Waals surface area contributed by atoms with Gasteiger partial charge in [-0.2, -0.15) is 0 Å². The van der Waals surface area contributed by atoms with Crippen LogP contribution < -0.4 is 0 Å². The molecule has 1 saturated carbocycles. The van der Waals surface area contributed by atoms with Crippen molar-refractivity contribution in [2.24, 2.45) is 11.8 Å². The Morgan fingerprint density at radius 1 is 1.50 bits per heavy atom. The van der Waals surface area contributed by atoms with Crippen LogP contribution in [0.3, 0.4) is 0 Å². The molecule has 0 spiro atoms. The van der Waals surface area contributed by atoms with Gasteiger partial charge in [0.2, 0.25) is 0 Å². The second-order valence-corrected chi connectivity index (χ2v) is 3.69. The standard InChI is InChI=1S/C8H11ClO/c9-7-5-3-1-2-4-6(5)8(7)10/h1,3,5-8,10H,2,4H2/t5-,6+,7+,8+/m1/s1. The molecule has 2 rings (SSSR count). The molecule has 1 fully saturated rings. The van der Waals surface area contributed by atoms with E-state index < -0.39 is 0 Å². The van der Waals surface area contributed by atoms with Crippen LogP contribution in [0.25, 0.3) is 0 Å². The summed E-state index contributed by atoms with van der Waals surface area (Å²) in [6.45, 7) is 0. The van der Waals surface area contributed by atoms with E-state index in [4.69, 9.17) is 11.6 Å². The maximum Gasteiger partial charge on any atom is 0.0743 e. The van der Waals surface area contributed by atoms with Gasteiger partial charge in [-0.3, -0.25) is 0 Å². The third-order valence-electron chi connectivity index (χ3n) is 2.65. The van der Waals surface area contributed by atoms with Crippen LogP contribution in [0.2, 0.25) is 0 Å². The molecule has 1 N–H and O–H groups in total. The van der Waals surface area contributed by atoms with E-state index in [-0.39, 0.29) is 11.5 Å². The zero-order valence-electron chi connectivity index (χ0n) is 5.70. The van der Waals surface area contributed by atoms with Crippen molar-refractivity contribution < 1.29 is 5.11 Å². The molecule has 0 saturated heterocycles. The highest BCUT2D eigenvalue weighted by molar-refractivity contribution is 6.22. The first-order chi connectivity index (χ1) is 4.80. The smallest absolute Gasteiger partial charge is 0.0743 e. The van der Waals surface area contributed by atoms with Crippen LogP contribution in [0, 0.1) is 11.8 Å². The van der Waals surface area contributed by atoms with Crippen molar-refractivity contribution in [3.8, 4) is 0 Å². The largest absolute Gasteiger partial charge is 0.391 e. The minimum Gasteiger partial charge on any atom is -0.391 e. The van der Waals surface area contributed by atoms with Crippen molar-refractivity contribution in [1.82, 2.24) is 0 Å². The molecule has 0 unspecified atom stereocenters. The summed E-state index contributed by atoms with van der Waals surface area (Å²) in [5.41, 5.74) is 0. The minimum absolute atomic E-state index is 0.0125. The molecular weight excluding hydrogens is 148 g/mol. The molecule has 10 heavy (non-hydrogen) atoms. The molecule has 1 nitrogen and oxygen atoms in total. The van der Waals surface area contributed by atoms with Gasteiger partial charge in [0.05, 0.1) is 11.5 Å². The van der Waals surface area contributed by atoms with Crippen LogP contribution in [-0.2, 0) is 0 Å². The second-order valence-electron chi connectivity index (χ2n) is 3.18. The first-order valence-corrected chi connectivity index (χ1v) is 4.23. The summed E-state index contributed by atoms with van der Waals surface area (Å²) in [6.07, 6.45) is 6.31. The van der Waals surface area contributed by atoms with Gasteiger partial charge < -0.3 is 5.11 Å². The molecule has 56 valence electrons. The van der Waals surface area contributed by atoms with Gasteiger partial charge in [-0.25, -0.2) is 0 Å². The molecule has 0 heterocycles.